The molecule has 0 aliphatic heterocycles. The number of hydrogen-bond acceptors (Lipinski definition) is 3. The molecular formula is C17H15BrN4O. The standard InChI is InChI=1S/C17H15BrN4O/c1-12(17-21-20-15-8-4-5-11-22(15)17)19-16(23)10-9-13-6-2-3-7-14(13)18/h2-12H,1H3,(H,19,23)/b10-9+. The van der Waals surface area contributed by atoms with Crippen molar-refractivity contribution in [2.45, 2.75) is 13.0 Å². The molecule has 3 aromatic rings. The number of hydrogen-bond donors (Lipinski definition) is 1. The van der Waals surface area contributed by atoms with Crippen molar-refractivity contribution in [3.8, 4) is 0 Å². The number of benzene rings is 1. The molecule has 6 heteroatoms. The summed E-state index contributed by atoms with van der Waals surface area (Å²) in [7, 11) is 0. The Balaban J connectivity index is 1.71. The first-order valence-electron chi connectivity index (χ1n) is 7.18. The molecule has 0 spiro atoms. The molecule has 23 heavy (non-hydrogen) atoms. The van der Waals surface area contributed by atoms with Gasteiger partial charge in [0, 0.05) is 16.7 Å². The molecule has 2 heterocycles. The van der Waals surface area contributed by atoms with E-state index in [1.165, 1.54) is 6.08 Å². The lowest BCUT2D eigenvalue weighted by atomic mass is 10.2. The van der Waals surface area contributed by atoms with Crippen LogP contribution in [-0.4, -0.2) is 20.5 Å². The molecule has 1 unspecified atom stereocenters. The number of pyridine rings is 1. The van der Waals surface area contributed by atoms with Gasteiger partial charge in [0.1, 0.15) is 0 Å². The van der Waals surface area contributed by atoms with Gasteiger partial charge in [-0.1, -0.05) is 40.2 Å². The van der Waals surface area contributed by atoms with E-state index in [2.05, 4.69) is 31.4 Å². The lowest BCUT2D eigenvalue weighted by Gasteiger charge is -2.10. The fraction of sp³-hybridized carbons (Fsp3) is 0.118. The first-order chi connectivity index (χ1) is 11.1. The highest BCUT2D eigenvalue weighted by molar-refractivity contribution is 9.10. The normalized spacial score (nSPS) is 12.6. The highest BCUT2D eigenvalue weighted by atomic mass is 79.9. The summed E-state index contributed by atoms with van der Waals surface area (Å²) in [6, 6.07) is 13.2. The number of nitrogens with zero attached hydrogens (tertiary/aromatic N) is 3. The topological polar surface area (TPSA) is 59.3 Å². The number of aromatic nitrogens is 3. The highest BCUT2D eigenvalue weighted by Crippen LogP contribution is 2.17. The number of carbonyl (C=O) groups is 1. The molecule has 1 atom stereocenters. The summed E-state index contributed by atoms with van der Waals surface area (Å²) in [5.41, 5.74) is 1.70. The zero-order valence-electron chi connectivity index (χ0n) is 12.5. The van der Waals surface area contributed by atoms with E-state index in [0.29, 0.717) is 5.82 Å². The second kappa shape index (κ2) is 6.75. The van der Waals surface area contributed by atoms with Gasteiger partial charge in [-0.25, -0.2) is 0 Å². The van der Waals surface area contributed by atoms with Crippen molar-refractivity contribution in [3.05, 3.63) is 70.6 Å². The monoisotopic (exact) mass is 370 g/mol. The van der Waals surface area contributed by atoms with Crippen LogP contribution in [0.1, 0.15) is 24.4 Å². The molecule has 0 saturated carbocycles. The van der Waals surface area contributed by atoms with Gasteiger partial charge in [0.05, 0.1) is 6.04 Å². The molecule has 0 radical (unpaired) electrons. The van der Waals surface area contributed by atoms with Gasteiger partial charge < -0.3 is 5.32 Å². The lowest BCUT2D eigenvalue weighted by molar-refractivity contribution is -0.117. The zero-order valence-corrected chi connectivity index (χ0v) is 14.1. The maximum Gasteiger partial charge on any atom is 0.244 e. The Kier molecular flexibility index (Phi) is 4.52. The maximum absolute atomic E-state index is 12.1. The number of nitrogens with one attached hydrogen (secondary N) is 1. The predicted octanol–water partition coefficient (Wildman–Crippen LogP) is 3.38. The van der Waals surface area contributed by atoms with Crippen LogP contribution in [0.2, 0.25) is 0 Å². The molecule has 1 amide bonds. The molecule has 1 N–H and O–H groups in total. The number of amides is 1. The van der Waals surface area contributed by atoms with Gasteiger partial charge in [-0.15, -0.1) is 10.2 Å². The second-order valence-electron chi connectivity index (χ2n) is 5.07. The summed E-state index contributed by atoms with van der Waals surface area (Å²) in [5.74, 6) is 0.518. The van der Waals surface area contributed by atoms with Crippen LogP contribution in [0.25, 0.3) is 11.7 Å². The Morgan fingerprint density at radius 3 is 2.83 bits per heavy atom. The third-order valence-corrected chi connectivity index (χ3v) is 4.13. The molecule has 1 aromatic carbocycles. The molecule has 3 rings (SSSR count). The summed E-state index contributed by atoms with van der Waals surface area (Å²) >= 11 is 3.45. The fourth-order valence-electron chi connectivity index (χ4n) is 2.26. The first kappa shape index (κ1) is 15.4. The average Bonchev–Trinajstić information content (AvgIpc) is 2.98. The van der Waals surface area contributed by atoms with E-state index >= 15 is 0 Å². The molecule has 5 nitrogen and oxygen atoms in total. The van der Waals surface area contributed by atoms with E-state index in [0.717, 1.165) is 15.7 Å². The van der Waals surface area contributed by atoms with Crippen LogP contribution in [0, 0.1) is 0 Å². The Hall–Kier alpha value is -2.47. The van der Waals surface area contributed by atoms with Crippen LogP contribution in [-0.2, 0) is 4.79 Å². The fourth-order valence-corrected chi connectivity index (χ4v) is 2.67. The van der Waals surface area contributed by atoms with Crippen molar-refractivity contribution in [1.29, 1.82) is 0 Å². The van der Waals surface area contributed by atoms with Gasteiger partial charge in [-0.2, -0.15) is 0 Å². The Labute approximate surface area is 142 Å². The molecule has 116 valence electrons. The van der Waals surface area contributed by atoms with E-state index < -0.39 is 0 Å². The Bertz CT molecular complexity index is 872. The van der Waals surface area contributed by atoms with Gasteiger partial charge in [0.2, 0.25) is 5.91 Å². The summed E-state index contributed by atoms with van der Waals surface area (Å²) in [6.07, 6.45) is 5.16. The maximum atomic E-state index is 12.1. The van der Waals surface area contributed by atoms with Gasteiger partial charge in [-0.3, -0.25) is 9.20 Å². The summed E-state index contributed by atoms with van der Waals surface area (Å²) in [5, 5.41) is 11.1. The smallest absolute Gasteiger partial charge is 0.244 e. The van der Waals surface area contributed by atoms with Gasteiger partial charge >= 0.3 is 0 Å². The minimum absolute atomic E-state index is 0.180. The van der Waals surface area contributed by atoms with Crippen LogP contribution in [0.15, 0.2) is 59.2 Å². The Morgan fingerprint density at radius 1 is 1.22 bits per heavy atom. The molecule has 0 aliphatic carbocycles. The average molecular weight is 371 g/mol. The van der Waals surface area contributed by atoms with Crippen molar-refractivity contribution in [2.75, 3.05) is 0 Å². The third kappa shape index (κ3) is 3.48. The van der Waals surface area contributed by atoms with Crippen LogP contribution in [0.4, 0.5) is 0 Å². The molecule has 0 fully saturated rings. The van der Waals surface area contributed by atoms with Crippen molar-refractivity contribution in [1.82, 2.24) is 19.9 Å². The predicted molar refractivity (Wildman–Crippen MR) is 92.7 cm³/mol. The largest absolute Gasteiger partial charge is 0.343 e. The van der Waals surface area contributed by atoms with Crippen LogP contribution >= 0.6 is 15.9 Å². The van der Waals surface area contributed by atoms with Gasteiger partial charge in [-0.05, 0) is 36.8 Å². The molecule has 0 aliphatic rings. The molecule has 0 bridgehead atoms. The van der Waals surface area contributed by atoms with Crippen LogP contribution < -0.4 is 5.32 Å². The van der Waals surface area contributed by atoms with E-state index in [-0.39, 0.29) is 11.9 Å². The minimum Gasteiger partial charge on any atom is -0.343 e. The van der Waals surface area contributed by atoms with Crippen molar-refractivity contribution < 1.29 is 4.79 Å². The lowest BCUT2D eigenvalue weighted by Crippen LogP contribution is -2.26. The van der Waals surface area contributed by atoms with Crippen LogP contribution in [0.3, 0.4) is 0 Å². The van der Waals surface area contributed by atoms with E-state index in [9.17, 15) is 4.79 Å². The number of halogens is 1. The quantitative estimate of drug-likeness (QED) is 0.716. The molecule has 2 aromatic heterocycles. The van der Waals surface area contributed by atoms with Crippen molar-refractivity contribution in [3.63, 3.8) is 0 Å². The number of carbonyl (C=O) groups excluding carboxylic acids is 1. The summed E-state index contributed by atoms with van der Waals surface area (Å²) in [4.78, 5) is 12.1. The SMILES string of the molecule is CC(NC(=O)/C=C/c1ccccc1Br)c1nnc2ccccn12. The number of fused-ring (bicyclic) bond motifs is 1. The van der Waals surface area contributed by atoms with Gasteiger partial charge in [0.15, 0.2) is 11.5 Å². The van der Waals surface area contributed by atoms with Gasteiger partial charge in [0.25, 0.3) is 0 Å². The highest BCUT2D eigenvalue weighted by Gasteiger charge is 2.14. The molecule has 0 saturated heterocycles. The zero-order chi connectivity index (χ0) is 16.2. The molecular weight excluding hydrogens is 356 g/mol. The number of rotatable bonds is 4. The van der Waals surface area contributed by atoms with Crippen molar-refractivity contribution >= 4 is 33.6 Å². The second-order valence-corrected chi connectivity index (χ2v) is 5.93. The summed E-state index contributed by atoms with van der Waals surface area (Å²) in [6.45, 7) is 1.88. The van der Waals surface area contributed by atoms with Crippen molar-refractivity contribution in [2.24, 2.45) is 0 Å². The van der Waals surface area contributed by atoms with Crippen LogP contribution in [0.5, 0.6) is 0 Å². The summed E-state index contributed by atoms with van der Waals surface area (Å²) < 4.78 is 2.81. The van der Waals surface area contributed by atoms with E-state index in [1.54, 1.807) is 6.08 Å². The van der Waals surface area contributed by atoms with E-state index in [1.807, 2.05) is 60.0 Å². The Morgan fingerprint density at radius 2 is 2.00 bits per heavy atom. The minimum atomic E-state index is -0.247. The van der Waals surface area contributed by atoms with E-state index in [4.69, 9.17) is 0 Å². The first-order valence-corrected chi connectivity index (χ1v) is 7.97. The third-order valence-electron chi connectivity index (χ3n) is 3.41.